The highest BCUT2D eigenvalue weighted by atomic mass is 16.5. The molecule has 0 amide bonds. The third kappa shape index (κ3) is 2.09. The van der Waals surface area contributed by atoms with Crippen LogP contribution in [0, 0.1) is 13.8 Å². The molecule has 0 spiro atoms. The van der Waals surface area contributed by atoms with Crippen LogP contribution in [0.5, 0.6) is 5.75 Å². The molecule has 0 radical (unpaired) electrons. The molecule has 0 fully saturated rings. The smallest absolute Gasteiger partial charge is 0.215 e. The summed E-state index contributed by atoms with van der Waals surface area (Å²) in [5.41, 5.74) is 6.49. The van der Waals surface area contributed by atoms with Crippen LogP contribution in [-0.4, -0.2) is 17.1 Å². The van der Waals surface area contributed by atoms with Crippen LogP contribution in [-0.2, 0) is 0 Å². The molecule has 0 aliphatic rings. The Labute approximate surface area is 100.0 Å². The van der Waals surface area contributed by atoms with E-state index in [1.807, 2.05) is 32.0 Å². The Hall–Kier alpha value is -2.01. The number of methoxy groups -OCH3 is 1. The Balaban J connectivity index is 2.45. The van der Waals surface area contributed by atoms with Gasteiger partial charge in [-0.15, -0.1) is 0 Å². The van der Waals surface area contributed by atoms with Crippen molar-refractivity contribution in [3.63, 3.8) is 0 Å². The number of nitrogens with two attached hydrogens (primary N) is 1. The Morgan fingerprint density at radius 1 is 1.35 bits per heavy atom. The Kier molecular flexibility index (Phi) is 3.01. The molecular weight excluding hydrogens is 216 g/mol. The van der Waals surface area contributed by atoms with Gasteiger partial charge in [-0.05, 0) is 37.6 Å². The molecule has 4 N–H and O–H groups in total. The van der Waals surface area contributed by atoms with Gasteiger partial charge >= 0.3 is 0 Å². The number of aryl methyl sites for hydroxylation is 2. The monoisotopic (exact) mass is 232 g/mol. The summed E-state index contributed by atoms with van der Waals surface area (Å²) in [6, 6.07) is 5.96. The van der Waals surface area contributed by atoms with Gasteiger partial charge in [-0.3, -0.25) is 5.43 Å². The van der Waals surface area contributed by atoms with Gasteiger partial charge in [0.05, 0.1) is 12.8 Å². The van der Waals surface area contributed by atoms with Crippen molar-refractivity contribution < 1.29 is 4.74 Å². The second kappa shape index (κ2) is 4.47. The molecule has 0 saturated carbocycles. The third-order valence-corrected chi connectivity index (χ3v) is 2.69. The zero-order chi connectivity index (χ0) is 12.4. The molecule has 1 heterocycles. The quantitative estimate of drug-likeness (QED) is 0.558. The van der Waals surface area contributed by atoms with Crippen LogP contribution in [0.3, 0.4) is 0 Å². The summed E-state index contributed by atoms with van der Waals surface area (Å²) >= 11 is 0. The Morgan fingerprint density at radius 2 is 2.12 bits per heavy atom. The number of imidazole rings is 1. The maximum atomic E-state index is 5.32. The van der Waals surface area contributed by atoms with Gasteiger partial charge in [0.15, 0.2) is 0 Å². The summed E-state index contributed by atoms with van der Waals surface area (Å²) in [4.78, 5) is 7.43. The number of nitrogens with zero attached hydrogens (tertiary/aromatic N) is 1. The summed E-state index contributed by atoms with van der Waals surface area (Å²) in [6.45, 7) is 3.97. The fourth-order valence-electron chi connectivity index (χ4n) is 1.84. The van der Waals surface area contributed by atoms with Gasteiger partial charge in [-0.1, -0.05) is 0 Å². The van der Waals surface area contributed by atoms with Crippen molar-refractivity contribution in [1.29, 1.82) is 0 Å². The second-order valence-electron chi connectivity index (χ2n) is 3.89. The molecular formula is C12H16N4O. The van der Waals surface area contributed by atoms with E-state index in [1.165, 1.54) is 0 Å². The number of hydrazine groups is 1. The van der Waals surface area contributed by atoms with Crippen LogP contribution in [0.1, 0.15) is 11.3 Å². The highest BCUT2D eigenvalue weighted by molar-refractivity contribution is 5.66. The number of H-pyrrole nitrogens is 1. The van der Waals surface area contributed by atoms with E-state index < -0.39 is 0 Å². The summed E-state index contributed by atoms with van der Waals surface area (Å²) in [5.74, 6) is 6.76. The average molecular weight is 232 g/mol. The molecule has 1 aromatic carbocycles. The third-order valence-electron chi connectivity index (χ3n) is 2.69. The van der Waals surface area contributed by atoms with Crippen molar-refractivity contribution in [3.05, 3.63) is 29.5 Å². The van der Waals surface area contributed by atoms with Gasteiger partial charge in [0, 0.05) is 11.3 Å². The van der Waals surface area contributed by atoms with Crippen LogP contribution in [0.4, 0.5) is 5.95 Å². The molecule has 0 aliphatic heterocycles. The predicted molar refractivity (Wildman–Crippen MR) is 67.9 cm³/mol. The van der Waals surface area contributed by atoms with Gasteiger partial charge < -0.3 is 9.72 Å². The number of rotatable bonds is 3. The first-order valence-corrected chi connectivity index (χ1v) is 5.34. The lowest BCUT2D eigenvalue weighted by Crippen LogP contribution is -2.07. The predicted octanol–water partition coefficient (Wildman–Crippen LogP) is 1.99. The lowest BCUT2D eigenvalue weighted by atomic mass is 10.1. The van der Waals surface area contributed by atoms with E-state index >= 15 is 0 Å². The number of ether oxygens (including phenoxy) is 1. The molecule has 5 nitrogen and oxygen atoms in total. The van der Waals surface area contributed by atoms with E-state index in [0.717, 1.165) is 28.3 Å². The molecule has 1 aromatic heterocycles. The molecule has 5 heteroatoms. The summed E-state index contributed by atoms with van der Waals surface area (Å²) in [7, 11) is 1.66. The van der Waals surface area contributed by atoms with Crippen LogP contribution in [0.25, 0.3) is 11.3 Å². The second-order valence-corrected chi connectivity index (χ2v) is 3.89. The number of hydrogen-bond donors (Lipinski definition) is 3. The number of aromatic nitrogens is 2. The van der Waals surface area contributed by atoms with E-state index in [4.69, 9.17) is 10.6 Å². The van der Waals surface area contributed by atoms with E-state index in [-0.39, 0.29) is 0 Å². The zero-order valence-corrected chi connectivity index (χ0v) is 10.2. The highest BCUT2D eigenvalue weighted by Gasteiger charge is 2.09. The summed E-state index contributed by atoms with van der Waals surface area (Å²) in [5, 5.41) is 0. The topological polar surface area (TPSA) is 76.0 Å². The molecule has 0 unspecified atom stereocenters. The Bertz CT molecular complexity index is 533. The number of aromatic amines is 1. The first-order valence-electron chi connectivity index (χ1n) is 5.34. The molecule has 2 aromatic rings. The van der Waals surface area contributed by atoms with Crippen molar-refractivity contribution in [2.45, 2.75) is 13.8 Å². The van der Waals surface area contributed by atoms with Crippen LogP contribution < -0.4 is 16.0 Å². The van der Waals surface area contributed by atoms with Gasteiger partial charge in [0.1, 0.15) is 5.75 Å². The molecule has 17 heavy (non-hydrogen) atoms. The van der Waals surface area contributed by atoms with Gasteiger partial charge in [0.25, 0.3) is 0 Å². The van der Waals surface area contributed by atoms with Gasteiger partial charge in [0.2, 0.25) is 5.95 Å². The minimum absolute atomic E-state index is 0.561. The number of benzene rings is 1. The van der Waals surface area contributed by atoms with E-state index in [9.17, 15) is 0 Å². The first-order chi connectivity index (χ1) is 8.15. The summed E-state index contributed by atoms with van der Waals surface area (Å²) in [6.07, 6.45) is 0. The minimum atomic E-state index is 0.561. The fraction of sp³-hybridized carbons (Fsp3) is 0.250. The largest absolute Gasteiger partial charge is 0.496 e. The summed E-state index contributed by atoms with van der Waals surface area (Å²) < 4.78 is 5.23. The fourth-order valence-corrected chi connectivity index (χ4v) is 1.84. The van der Waals surface area contributed by atoms with Gasteiger partial charge in [-0.2, -0.15) is 0 Å². The standard InChI is InChI=1S/C12H16N4O/c1-7-6-9(4-5-10(7)17-3)11-8(2)14-12(15-11)16-13/h4-6H,13H2,1-3H3,(H2,14,15,16). The number of hydrogen-bond acceptors (Lipinski definition) is 4. The molecule has 2 rings (SSSR count). The van der Waals surface area contributed by atoms with Crippen molar-refractivity contribution in [2.75, 3.05) is 12.5 Å². The van der Waals surface area contributed by atoms with E-state index in [1.54, 1.807) is 7.11 Å². The van der Waals surface area contributed by atoms with Gasteiger partial charge in [-0.25, -0.2) is 10.8 Å². The van der Waals surface area contributed by atoms with Crippen molar-refractivity contribution in [3.8, 4) is 17.0 Å². The molecule has 0 bridgehead atoms. The average Bonchev–Trinajstić information content (AvgIpc) is 2.70. The SMILES string of the molecule is COc1ccc(-c2nc(NN)[nH]c2C)cc1C. The van der Waals surface area contributed by atoms with Crippen molar-refractivity contribution in [2.24, 2.45) is 5.84 Å². The maximum absolute atomic E-state index is 5.32. The van der Waals surface area contributed by atoms with Crippen LogP contribution in [0.2, 0.25) is 0 Å². The van der Waals surface area contributed by atoms with E-state index in [2.05, 4.69) is 15.4 Å². The Morgan fingerprint density at radius 3 is 2.65 bits per heavy atom. The molecule has 0 aliphatic carbocycles. The number of nitrogens with one attached hydrogen (secondary N) is 2. The molecule has 0 atom stereocenters. The van der Waals surface area contributed by atoms with Crippen molar-refractivity contribution in [1.82, 2.24) is 9.97 Å². The minimum Gasteiger partial charge on any atom is -0.496 e. The zero-order valence-electron chi connectivity index (χ0n) is 10.2. The lowest BCUT2D eigenvalue weighted by Gasteiger charge is -2.06. The first kappa shape index (κ1) is 11.5. The highest BCUT2D eigenvalue weighted by Crippen LogP contribution is 2.27. The number of nitrogen functional groups attached to an aromatic ring is 1. The lowest BCUT2D eigenvalue weighted by molar-refractivity contribution is 0.412. The van der Waals surface area contributed by atoms with Crippen LogP contribution in [0.15, 0.2) is 18.2 Å². The maximum Gasteiger partial charge on any atom is 0.215 e. The molecule has 0 saturated heterocycles. The number of anilines is 1. The molecule has 90 valence electrons. The van der Waals surface area contributed by atoms with Crippen molar-refractivity contribution >= 4 is 5.95 Å². The van der Waals surface area contributed by atoms with Crippen LogP contribution >= 0.6 is 0 Å². The normalized spacial score (nSPS) is 10.4. The van der Waals surface area contributed by atoms with E-state index in [0.29, 0.717) is 5.95 Å².